The normalized spacial score (nSPS) is 9.72. The van der Waals surface area contributed by atoms with E-state index in [9.17, 15) is 14.4 Å². The van der Waals surface area contributed by atoms with Gasteiger partial charge in [-0.1, -0.05) is 12.1 Å². The Balaban J connectivity index is 2.86. The van der Waals surface area contributed by atoms with E-state index in [1.165, 1.54) is 43.3 Å². The van der Waals surface area contributed by atoms with Gasteiger partial charge in [-0.05, 0) is 19.1 Å². The van der Waals surface area contributed by atoms with Gasteiger partial charge in [0.05, 0.1) is 0 Å². The lowest BCUT2D eigenvalue weighted by Crippen LogP contribution is -2.30. The number of carbonyl (C=O) groups excluding carboxylic acids is 3. The molecule has 0 saturated heterocycles. The molecule has 0 aromatic heterocycles. The number of nitrogens with one attached hydrogen (secondary N) is 1. The number of benzene rings is 1. The number of carbonyl (C=O) groups is 3. The number of nitrogens with zero attached hydrogens (tertiary/aromatic N) is 1. The molecule has 2 amide bonds. The standard InChI is InChI=1S/C13H16N2O3/c1-4-14-12(17)10-7-5-9(6-8-10)11(16)13(18)15(2)3/h5-8H,4H2,1-3H3,(H,14,17). The van der Waals surface area contributed by atoms with Crippen LogP contribution in [0.3, 0.4) is 0 Å². The molecule has 0 fully saturated rings. The Kier molecular flexibility index (Phi) is 4.59. The fourth-order valence-electron chi connectivity index (χ4n) is 1.36. The van der Waals surface area contributed by atoms with E-state index in [-0.39, 0.29) is 11.5 Å². The molecule has 1 N–H and O–H groups in total. The van der Waals surface area contributed by atoms with Gasteiger partial charge >= 0.3 is 0 Å². The van der Waals surface area contributed by atoms with Gasteiger partial charge in [-0.2, -0.15) is 0 Å². The molecule has 0 saturated carbocycles. The van der Waals surface area contributed by atoms with Gasteiger partial charge in [0.15, 0.2) is 0 Å². The lowest BCUT2D eigenvalue weighted by Gasteiger charge is -2.09. The zero-order valence-corrected chi connectivity index (χ0v) is 10.7. The summed E-state index contributed by atoms with van der Waals surface area (Å²) in [6.45, 7) is 2.37. The van der Waals surface area contributed by atoms with Gasteiger partial charge in [-0.15, -0.1) is 0 Å². The van der Waals surface area contributed by atoms with Crippen molar-refractivity contribution in [2.75, 3.05) is 20.6 Å². The Labute approximate surface area is 106 Å². The zero-order chi connectivity index (χ0) is 13.7. The van der Waals surface area contributed by atoms with Crippen molar-refractivity contribution in [2.24, 2.45) is 0 Å². The van der Waals surface area contributed by atoms with E-state index in [1.807, 2.05) is 6.92 Å². The maximum absolute atomic E-state index is 11.7. The number of hydrogen-bond acceptors (Lipinski definition) is 3. The predicted octanol–water partition coefficient (Wildman–Crippen LogP) is 0.707. The average molecular weight is 248 g/mol. The van der Waals surface area contributed by atoms with Gasteiger partial charge in [-0.3, -0.25) is 14.4 Å². The summed E-state index contributed by atoms with van der Waals surface area (Å²) in [5.74, 6) is -1.36. The Bertz CT molecular complexity index is 464. The first-order chi connectivity index (χ1) is 8.47. The third-order valence-electron chi connectivity index (χ3n) is 2.35. The number of hydrogen-bond donors (Lipinski definition) is 1. The number of Topliss-reactive ketones (excluding diaryl/α,β-unsaturated/α-hetero) is 1. The molecule has 5 nitrogen and oxygen atoms in total. The second kappa shape index (κ2) is 5.95. The summed E-state index contributed by atoms with van der Waals surface area (Å²) in [6.07, 6.45) is 0. The van der Waals surface area contributed by atoms with Crippen LogP contribution in [0.4, 0.5) is 0 Å². The number of amides is 2. The van der Waals surface area contributed by atoms with Gasteiger partial charge < -0.3 is 10.2 Å². The van der Waals surface area contributed by atoms with Crippen LogP contribution in [0.25, 0.3) is 0 Å². The minimum Gasteiger partial charge on any atom is -0.352 e. The highest BCUT2D eigenvalue weighted by molar-refractivity contribution is 6.42. The second-order valence-corrected chi connectivity index (χ2v) is 3.97. The van der Waals surface area contributed by atoms with Gasteiger partial charge in [0, 0.05) is 31.8 Å². The molecule has 0 aliphatic heterocycles. The fourth-order valence-corrected chi connectivity index (χ4v) is 1.36. The van der Waals surface area contributed by atoms with Gasteiger partial charge in [0.25, 0.3) is 11.8 Å². The molecule has 0 radical (unpaired) electrons. The van der Waals surface area contributed by atoms with E-state index in [1.54, 1.807) is 0 Å². The quantitative estimate of drug-likeness (QED) is 0.630. The molecule has 1 aromatic carbocycles. The first-order valence-electron chi connectivity index (χ1n) is 5.61. The Morgan fingerprint density at radius 2 is 1.56 bits per heavy atom. The predicted molar refractivity (Wildman–Crippen MR) is 67.5 cm³/mol. The van der Waals surface area contributed by atoms with Crippen molar-refractivity contribution in [3.05, 3.63) is 35.4 Å². The Morgan fingerprint density at radius 3 is 2.00 bits per heavy atom. The van der Waals surface area contributed by atoms with E-state index < -0.39 is 11.7 Å². The number of likely N-dealkylation sites (N-methyl/N-ethyl adjacent to an activating group) is 1. The molecule has 5 heteroatoms. The maximum atomic E-state index is 11.7. The van der Waals surface area contributed by atoms with E-state index >= 15 is 0 Å². The molecule has 1 aromatic rings. The van der Waals surface area contributed by atoms with E-state index in [0.29, 0.717) is 12.1 Å². The van der Waals surface area contributed by atoms with Crippen LogP contribution in [0.5, 0.6) is 0 Å². The smallest absolute Gasteiger partial charge is 0.294 e. The summed E-state index contributed by atoms with van der Waals surface area (Å²) in [6, 6.07) is 6.02. The van der Waals surface area contributed by atoms with E-state index in [4.69, 9.17) is 0 Å². The third-order valence-corrected chi connectivity index (χ3v) is 2.35. The molecule has 96 valence electrons. The molecular weight excluding hydrogens is 232 g/mol. The summed E-state index contributed by atoms with van der Waals surface area (Å²) >= 11 is 0. The van der Waals surface area contributed by atoms with Crippen molar-refractivity contribution < 1.29 is 14.4 Å². The van der Waals surface area contributed by atoms with Crippen LogP contribution >= 0.6 is 0 Å². The monoisotopic (exact) mass is 248 g/mol. The third kappa shape index (κ3) is 3.16. The lowest BCUT2D eigenvalue weighted by atomic mass is 10.1. The van der Waals surface area contributed by atoms with Gasteiger partial charge in [0.2, 0.25) is 5.78 Å². The lowest BCUT2D eigenvalue weighted by molar-refractivity contribution is -0.124. The molecule has 0 heterocycles. The van der Waals surface area contributed by atoms with Crippen molar-refractivity contribution >= 4 is 17.6 Å². The van der Waals surface area contributed by atoms with Crippen molar-refractivity contribution in [2.45, 2.75) is 6.92 Å². The summed E-state index contributed by atoms with van der Waals surface area (Å²) in [5, 5.41) is 2.65. The molecule has 0 aliphatic rings. The van der Waals surface area contributed by atoms with Crippen LogP contribution in [-0.2, 0) is 4.79 Å². The molecule has 0 spiro atoms. The maximum Gasteiger partial charge on any atom is 0.294 e. The molecule has 0 bridgehead atoms. The van der Waals surface area contributed by atoms with Crippen molar-refractivity contribution in [3.8, 4) is 0 Å². The zero-order valence-electron chi connectivity index (χ0n) is 10.7. The molecular formula is C13H16N2O3. The summed E-state index contributed by atoms with van der Waals surface area (Å²) in [4.78, 5) is 35.9. The van der Waals surface area contributed by atoms with Crippen LogP contribution in [0, 0.1) is 0 Å². The minimum absolute atomic E-state index is 0.199. The molecule has 0 unspecified atom stereocenters. The van der Waals surface area contributed by atoms with Crippen LogP contribution in [0.15, 0.2) is 24.3 Å². The summed E-state index contributed by atoms with van der Waals surface area (Å²) in [7, 11) is 3.03. The molecule has 0 atom stereocenters. The highest BCUT2D eigenvalue weighted by atomic mass is 16.2. The SMILES string of the molecule is CCNC(=O)c1ccc(C(=O)C(=O)N(C)C)cc1. The van der Waals surface area contributed by atoms with Crippen LogP contribution in [-0.4, -0.2) is 43.1 Å². The van der Waals surface area contributed by atoms with Gasteiger partial charge in [-0.25, -0.2) is 0 Å². The first-order valence-corrected chi connectivity index (χ1v) is 5.61. The summed E-state index contributed by atoms with van der Waals surface area (Å²) in [5.41, 5.74) is 0.743. The Morgan fingerprint density at radius 1 is 1.06 bits per heavy atom. The number of rotatable bonds is 4. The average Bonchev–Trinajstić information content (AvgIpc) is 2.37. The highest BCUT2D eigenvalue weighted by Gasteiger charge is 2.18. The topological polar surface area (TPSA) is 66.5 Å². The fraction of sp³-hybridized carbons (Fsp3) is 0.308. The molecule has 0 aliphatic carbocycles. The summed E-state index contributed by atoms with van der Waals surface area (Å²) < 4.78 is 0. The van der Waals surface area contributed by atoms with Crippen molar-refractivity contribution in [3.63, 3.8) is 0 Å². The van der Waals surface area contributed by atoms with Gasteiger partial charge in [0.1, 0.15) is 0 Å². The van der Waals surface area contributed by atoms with Crippen LogP contribution < -0.4 is 5.32 Å². The Hall–Kier alpha value is -2.17. The minimum atomic E-state index is -0.583. The first kappa shape index (κ1) is 13.9. The van der Waals surface area contributed by atoms with E-state index in [0.717, 1.165) is 0 Å². The van der Waals surface area contributed by atoms with Crippen molar-refractivity contribution in [1.29, 1.82) is 0 Å². The number of ketones is 1. The van der Waals surface area contributed by atoms with Crippen molar-refractivity contribution in [1.82, 2.24) is 10.2 Å². The molecule has 18 heavy (non-hydrogen) atoms. The largest absolute Gasteiger partial charge is 0.352 e. The second-order valence-electron chi connectivity index (χ2n) is 3.97. The van der Waals surface area contributed by atoms with Crippen LogP contribution in [0.1, 0.15) is 27.6 Å². The van der Waals surface area contributed by atoms with E-state index in [2.05, 4.69) is 5.32 Å². The highest BCUT2D eigenvalue weighted by Crippen LogP contribution is 2.06. The molecule has 1 rings (SSSR count). The van der Waals surface area contributed by atoms with Crippen LogP contribution in [0.2, 0.25) is 0 Å².